The van der Waals surface area contributed by atoms with E-state index in [1.807, 2.05) is 0 Å². The van der Waals surface area contributed by atoms with Gasteiger partial charge in [-0.1, -0.05) is 35.3 Å². The second kappa shape index (κ2) is 9.50. The van der Waals surface area contributed by atoms with Crippen LogP contribution < -0.4 is 10.6 Å². The predicted molar refractivity (Wildman–Crippen MR) is 137 cm³/mol. The highest BCUT2D eigenvalue weighted by Gasteiger charge is 2.16. The lowest BCUT2D eigenvalue weighted by Crippen LogP contribution is -2.33. The smallest absolute Gasteiger partial charge is 0.293 e. The van der Waals surface area contributed by atoms with Crippen LogP contribution in [0, 0.1) is 5.82 Å². The minimum absolute atomic E-state index is 0.0480. The van der Waals surface area contributed by atoms with Crippen molar-refractivity contribution in [3.63, 3.8) is 0 Å². The number of carbonyl (C=O) groups excluding carboxylic acids is 1. The van der Waals surface area contributed by atoms with Gasteiger partial charge >= 0.3 is 0 Å². The molecule has 0 aliphatic heterocycles. The van der Waals surface area contributed by atoms with Crippen molar-refractivity contribution in [1.29, 1.82) is 0 Å². The average Bonchev–Trinajstić information content (AvgIpc) is 3.48. The zero-order chi connectivity index (χ0) is 24.5. The van der Waals surface area contributed by atoms with Gasteiger partial charge in [-0.2, -0.15) is 0 Å². The van der Waals surface area contributed by atoms with Crippen LogP contribution >= 0.6 is 35.4 Å². The molecular weight excluding hydrogens is 512 g/mol. The summed E-state index contributed by atoms with van der Waals surface area (Å²) in [6.07, 6.45) is 0. The van der Waals surface area contributed by atoms with Crippen molar-refractivity contribution < 1.29 is 18.0 Å². The largest absolute Gasteiger partial charge is 0.451 e. The summed E-state index contributed by atoms with van der Waals surface area (Å²) in [5.74, 6) is -0.185. The van der Waals surface area contributed by atoms with Crippen molar-refractivity contribution in [2.24, 2.45) is 0 Å². The number of furan rings is 1. The number of oxazole rings is 1. The third-order valence-electron chi connectivity index (χ3n) is 4.99. The molecule has 2 heterocycles. The van der Waals surface area contributed by atoms with E-state index in [9.17, 15) is 9.18 Å². The number of amides is 1. The van der Waals surface area contributed by atoms with Crippen LogP contribution in [0.4, 0.5) is 10.1 Å². The number of hydrogen-bond acceptors (Lipinski definition) is 5. The molecule has 0 unspecified atom stereocenters. The Morgan fingerprint density at radius 1 is 0.971 bits per heavy atom. The third-order valence-corrected chi connectivity index (χ3v) is 6.01. The predicted octanol–water partition coefficient (Wildman–Crippen LogP) is 7.33. The van der Waals surface area contributed by atoms with Crippen LogP contribution in [-0.2, 0) is 0 Å². The second-order valence-electron chi connectivity index (χ2n) is 7.39. The summed E-state index contributed by atoms with van der Waals surface area (Å²) in [5, 5.41) is 6.26. The van der Waals surface area contributed by atoms with E-state index in [0.29, 0.717) is 49.6 Å². The highest BCUT2D eigenvalue weighted by atomic mass is 35.5. The minimum atomic E-state index is -0.539. The molecular formula is C25H14Cl2FN3O3S. The van der Waals surface area contributed by atoms with Crippen LogP contribution in [0.3, 0.4) is 0 Å². The van der Waals surface area contributed by atoms with Crippen LogP contribution in [0.25, 0.3) is 33.9 Å². The second-order valence-corrected chi connectivity index (χ2v) is 8.58. The topological polar surface area (TPSA) is 80.3 Å². The Morgan fingerprint density at radius 2 is 1.80 bits per heavy atom. The first kappa shape index (κ1) is 23.0. The van der Waals surface area contributed by atoms with Gasteiger partial charge in [0.05, 0.1) is 10.0 Å². The lowest BCUT2D eigenvalue weighted by molar-refractivity contribution is 0.0951. The van der Waals surface area contributed by atoms with E-state index in [4.69, 9.17) is 44.3 Å². The molecule has 6 nitrogen and oxygen atoms in total. The molecule has 5 rings (SSSR count). The van der Waals surface area contributed by atoms with Crippen molar-refractivity contribution in [2.45, 2.75) is 0 Å². The van der Waals surface area contributed by atoms with Gasteiger partial charge in [0.15, 0.2) is 16.5 Å². The fourth-order valence-electron chi connectivity index (χ4n) is 3.38. The van der Waals surface area contributed by atoms with Crippen LogP contribution in [0.1, 0.15) is 10.6 Å². The van der Waals surface area contributed by atoms with Crippen molar-refractivity contribution in [1.82, 2.24) is 10.3 Å². The fourth-order valence-corrected chi connectivity index (χ4v) is 3.98. The van der Waals surface area contributed by atoms with E-state index in [2.05, 4.69) is 15.6 Å². The van der Waals surface area contributed by atoms with Gasteiger partial charge in [-0.15, -0.1) is 0 Å². The van der Waals surface area contributed by atoms with Gasteiger partial charge in [0.25, 0.3) is 5.91 Å². The van der Waals surface area contributed by atoms with E-state index in [-0.39, 0.29) is 16.7 Å². The number of nitrogens with zero attached hydrogens (tertiary/aromatic N) is 1. The number of rotatable bonds is 4. The van der Waals surface area contributed by atoms with Crippen LogP contribution in [0.2, 0.25) is 10.0 Å². The van der Waals surface area contributed by atoms with Gasteiger partial charge in [-0.05, 0) is 72.9 Å². The van der Waals surface area contributed by atoms with Crippen LogP contribution in [0.15, 0.2) is 81.6 Å². The molecule has 0 radical (unpaired) electrons. The van der Waals surface area contributed by atoms with E-state index in [1.54, 1.807) is 54.6 Å². The molecule has 0 saturated heterocycles. The van der Waals surface area contributed by atoms with Gasteiger partial charge in [0.1, 0.15) is 17.1 Å². The average molecular weight is 526 g/mol. The molecule has 0 atom stereocenters. The quantitative estimate of drug-likeness (QED) is 0.239. The van der Waals surface area contributed by atoms with Gasteiger partial charge in [-0.3, -0.25) is 10.1 Å². The molecule has 0 spiro atoms. The summed E-state index contributed by atoms with van der Waals surface area (Å²) in [4.78, 5) is 17.0. The number of aromatic nitrogens is 1. The lowest BCUT2D eigenvalue weighted by atomic mass is 10.2. The molecule has 35 heavy (non-hydrogen) atoms. The van der Waals surface area contributed by atoms with Crippen LogP contribution in [0.5, 0.6) is 0 Å². The molecule has 10 heteroatoms. The summed E-state index contributed by atoms with van der Waals surface area (Å²) in [6.45, 7) is 0. The monoisotopic (exact) mass is 525 g/mol. The summed E-state index contributed by atoms with van der Waals surface area (Å²) in [5.41, 5.74) is 2.73. The third kappa shape index (κ3) is 4.90. The Kier molecular flexibility index (Phi) is 6.25. The number of fused-ring (bicyclic) bond motifs is 1. The van der Waals surface area contributed by atoms with E-state index < -0.39 is 5.91 Å². The van der Waals surface area contributed by atoms with Crippen molar-refractivity contribution in [3.05, 3.63) is 94.4 Å². The van der Waals surface area contributed by atoms with Crippen molar-refractivity contribution in [3.8, 4) is 22.8 Å². The first-order valence-electron chi connectivity index (χ1n) is 10.2. The molecule has 2 N–H and O–H groups in total. The number of benzene rings is 3. The molecule has 174 valence electrons. The van der Waals surface area contributed by atoms with Gasteiger partial charge < -0.3 is 14.2 Å². The number of nitrogens with one attached hydrogen (secondary N) is 2. The zero-order valence-electron chi connectivity index (χ0n) is 17.6. The van der Waals surface area contributed by atoms with Crippen molar-refractivity contribution >= 4 is 63.2 Å². The zero-order valence-corrected chi connectivity index (χ0v) is 20.0. The Morgan fingerprint density at radius 3 is 2.63 bits per heavy atom. The van der Waals surface area contributed by atoms with E-state index in [0.717, 1.165) is 0 Å². The molecule has 0 saturated carbocycles. The van der Waals surface area contributed by atoms with Crippen molar-refractivity contribution in [2.75, 3.05) is 5.32 Å². The lowest BCUT2D eigenvalue weighted by Gasteiger charge is -2.08. The van der Waals surface area contributed by atoms with Crippen LogP contribution in [-0.4, -0.2) is 16.0 Å². The molecule has 3 aromatic carbocycles. The Hall–Kier alpha value is -3.72. The molecule has 0 aliphatic carbocycles. The SMILES string of the molecule is O=C(NC(=S)Nc1ccc2oc(-c3cccc(F)c3)nc2c1)c1ccc(-c2cccc(Cl)c2Cl)o1. The number of halogens is 3. The molecule has 5 aromatic rings. The highest BCUT2D eigenvalue weighted by molar-refractivity contribution is 7.80. The Bertz CT molecular complexity index is 1600. The maximum absolute atomic E-state index is 13.5. The maximum Gasteiger partial charge on any atom is 0.293 e. The number of hydrogen-bond donors (Lipinski definition) is 2. The standard InChI is InChI=1S/C25H14Cl2FN3O3S/c26-17-6-2-5-16(22(17)27)19-9-10-21(33-19)23(32)31-25(35)29-15-7-8-20-18(12-15)30-24(34-20)13-3-1-4-14(28)11-13/h1-12H,(H2,29,31,32,35). The van der Waals surface area contributed by atoms with E-state index >= 15 is 0 Å². The first-order chi connectivity index (χ1) is 16.9. The number of carbonyl (C=O) groups is 1. The Balaban J connectivity index is 1.28. The highest BCUT2D eigenvalue weighted by Crippen LogP contribution is 2.34. The maximum atomic E-state index is 13.5. The fraction of sp³-hybridized carbons (Fsp3) is 0. The normalized spacial score (nSPS) is 10.9. The van der Waals surface area contributed by atoms with E-state index in [1.165, 1.54) is 18.2 Å². The summed E-state index contributed by atoms with van der Waals surface area (Å²) >= 11 is 17.5. The molecule has 2 aromatic heterocycles. The van der Waals surface area contributed by atoms with Gasteiger partial charge in [0.2, 0.25) is 5.89 Å². The van der Waals surface area contributed by atoms with Gasteiger partial charge in [0, 0.05) is 16.8 Å². The summed E-state index contributed by atoms with van der Waals surface area (Å²) in [6, 6.07) is 19.4. The molecule has 0 fully saturated rings. The molecule has 0 bridgehead atoms. The number of anilines is 1. The molecule has 0 aliphatic rings. The minimum Gasteiger partial charge on any atom is -0.451 e. The first-order valence-corrected chi connectivity index (χ1v) is 11.4. The summed E-state index contributed by atoms with van der Waals surface area (Å²) < 4.78 is 24.9. The number of thiocarbonyl (C=S) groups is 1. The summed E-state index contributed by atoms with van der Waals surface area (Å²) in [7, 11) is 0. The van der Waals surface area contributed by atoms with Gasteiger partial charge in [-0.25, -0.2) is 9.37 Å². The molecule has 1 amide bonds. The Labute approximate surface area is 213 Å².